The lowest BCUT2D eigenvalue weighted by Gasteiger charge is -2.03. The second-order valence-corrected chi connectivity index (χ2v) is 4.63. The van der Waals surface area contributed by atoms with Crippen LogP contribution in [0.1, 0.15) is 30.2 Å². The van der Waals surface area contributed by atoms with Gasteiger partial charge in [0.1, 0.15) is 0 Å². The molecule has 2 N–H and O–H groups in total. The zero-order valence-electron chi connectivity index (χ0n) is 9.19. The molecule has 5 heteroatoms. The smallest absolute Gasteiger partial charge is 0.240 e. The van der Waals surface area contributed by atoms with Crippen LogP contribution < -0.4 is 5.73 Å². The van der Waals surface area contributed by atoms with Gasteiger partial charge in [0.2, 0.25) is 11.7 Å². The Balaban J connectivity index is 1.95. The van der Waals surface area contributed by atoms with Gasteiger partial charge in [-0.1, -0.05) is 28.9 Å². The number of hydrogen-bond donors (Lipinski definition) is 1. The van der Waals surface area contributed by atoms with E-state index >= 15 is 0 Å². The first kappa shape index (κ1) is 10.7. The SMILES string of the molecule is NCc1nc(-c2ccc(C3CC3)c(Cl)c2)no1. The summed E-state index contributed by atoms with van der Waals surface area (Å²) in [4.78, 5) is 4.17. The number of benzene rings is 1. The van der Waals surface area contributed by atoms with E-state index in [0.717, 1.165) is 10.6 Å². The van der Waals surface area contributed by atoms with Gasteiger partial charge in [-0.15, -0.1) is 0 Å². The van der Waals surface area contributed by atoms with Gasteiger partial charge in [0.05, 0.1) is 6.54 Å². The van der Waals surface area contributed by atoms with Crippen molar-refractivity contribution in [3.63, 3.8) is 0 Å². The Bertz CT molecular complexity index is 548. The molecule has 4 nitrogen and oxygen atoms in total. The standard InChI is InChI=1S/C12H12ClN3O/c13-10-5-8(3-4-9(10)7-1-2-7)12-15-11(6-14)17-16-12/h3-5,7H,1-2,6,14H2. The molecule has 0 aliphatic heterocycles. The van der Waals surface area contributed by atoms with E-state index in [9.17, 15) is 0 Å². The maximum Gasteiger partial charge on any atom is 0.240 e. The Kier molecular flexibility index (Phi) is 2.61. The van der Waals surface area contributed by atoms with Gasteiger partial charge in [-0.3, -0.25) is 0 Å². The third kappa shape index (κ3) is 2.06. The molecule has 1 heterocycles. The quantitative estimate of drug-likeness (QED) is 0.908. The Hall–Kier alpha value is -1.39. The zero-order chi connectivity index (χ0) is 11.8. The summed E-state index contributed by atoms with van der Waals surface area (Å²) in [5.41, 5.74) is 7.51. The van der Waals surface area contributed by atoms with Crippen molar-refractivity contribution < 1.29 is 4.52 Å². The number of nitrogens with zero attached hydrogens (tertiary/aromatic N) is 2. The van der Waals surface area contributed by atoms with Gasteiger partial charge in [0.25, 0.3) is 0 Å². The highest BCUT2D eigenvalue weighted by molar-refractivity contribution is 6.31. The fourth-order valence-corrected chi connectivity index (χ4v) is 2.18. The highest BCUT2D eigenvalue weighted by Gasteiger charge is 2.25. The van der Waals surface area contributed by atoms with E-state index in [1.807, 2.05) is 18.2 Å². The molecule has 0 bridgehead atoms. The molecule has 88 valence electrons. The number of rotatable bonds is 3. The molecular formula is C12H12ClN3O. The average Bonchev–Trinajstić information content (AvgIpc) is 3.06. The first-order valence-electron chi connectivity index (χ1n) is 5.60. The molecule has 1 aliphatic rings. The summed E-state index contributed by atoms with van der Waals surface area (Å²) in [6, 6.07) is 5.92. The van der Waals surface area contributed by atoms with Crippen LogP contribution in [0.5, 0.6) is 0 Å². The van der Waals surface area contributed by atoms with Gasteiger partial charge < -0.3 is 10.3 Å². The Labute approximate surface area is 104 Å². The fraction of sp³-hybridized carbons (Fsp3) is 0.333. The molecule has 0 saturated heterocycles. The van der Waals surface area contributed by atoms with Crippen molar-refractivity contribution in [3.05, 3.63) is 34.7 Å². The van der Waals surface area contributed by atoms with E-state index in [2.05, 4.69) is 10.1 Å². The number of hydrogen-bond acceptors (Lipinski definition) is 4. The summed E-state index contributed by atoms with van der Waals surface area (Å²) >= 11 is 6.24. The van der Waals surface area contributed by atoms with Crippen molar-refractivity contribution in [3.8, 4) is 11.4 Å². The van der Waals surface area contributed by atoms with E-state index in [1.165, 1.54) is 18.4 Å². The van der Waals surface area contributed by atoms with Crippen LogP contribution in [0.2, 0.25) is 5.02 Å². The highest BCUT2D eigenvalue weighted by atomic mass is 35.5. The summed E-state index contributed by atoms with van der Waals surface area (Å²) in [7, 11) is 0. The van der Waals surface area contributed by atoms with Crippen LogP contribution in [0.25, 0.3) is 11.4 Å². The third-order valence-corrected chi connectivity index (χ3v) is 3.25. The largest absolute Gasteiger partial charge is 0.338 e. The lowest BCUT2D eigenvalue weighted by Crippen LogP contribution is -1.95. The molecule has 1 aromatic carbocycles. The predicted octanol–water partition coefficient (Wildman–Crippen LogP) is 2.73. The normalized spacial score (nSPS) is 15.2. The zero-order valence-corrected chi connectivity index (χ0v) is 9.94. The molecule has 1 saturated carbocycles. The lowest BCUT2D eigenvalue weighted by atomic mass is 10.1. The molecule has 2 aromatic rings. The highest BCUT2D eigenvalue weighted by Crippen LogP contribution is 2.43. The van der Waals surface area contributed by atoms with Crippen molar-refractivity contribution >= 4 is 11.6 Å². The molecule has 0 amide bonds. The Morgan fingerprint density at radius 2 is 2.24 bits per heavy atom. The maximum absolute atomic E-state index is 6.24. The van der Waals surface area contributed by atoms with Crippen molar-refractivity contribution in [1.29, 1.82) is 0 Å². The molecular weight excluding hydrogens is 238 g/mol. The molecule has 1 aromatic heterocycles. The second-order valence-electron chi connectivity index (χ2n) is 4.23. The van der Waals surface area contributed by atoms with Gasteiger partial charge >= 0.3 is 0 Å². The van der Waals surface area contributed by atoms with E-state index in [4.69, 9.17) is 21.9 Å². The van der Waals surface area contributed by atoms with E-state index in [-0.39, 0.29) is 6.54 Å². The predicted molar refractivity (Wildman–Crippen MR) is 64.6 cm³/mol. The minimum absolute atomic E-state index is 0.251. The molecule has 17 heavy (non-hydrogen) atoms. The van der Waals surface area contributed by atoms with Crippen LogP contribution in [0.4, 0.5) is 0 Å². The molecule has 0 radical (unpaired) electrons. The van der Waals surface area contributed by atoms with Gasteiger partial charge in [-0.05, 0) is 30.4 Å². The minimum Gasteiger partial charge on any atom is -0.338 e. The average molecular weight is 250 g/mol. The van der Waals surface area contributed by atoms with Gasteiger partial charge in [0.15, 0.2) is 0 Å². The van der Waals surface area contributed by atoms with Gasteiger partial charge in [-0.2, -0.15) is 4.98 Å². The van der Waals surface area contributed by atoms with Crippen LogP contribution in [-0.4, -0.2) is 10.1 Å². The van der Waals surface area contributed by atoms with Gasteiger partial charge in [0, 0.05) is 10.6 Å². The van der Waals surface area contributed by atoms with Crippen LogP contribution in [0.3, 0.4) is 0 Å². The third-order valence-electron chi connectivity index (χ3n) is 2.92. The Morgan fingerprint density at radius 3 is 2.82 bits per heavy atom. The van der Waals surface area contributed by atoms with E-state index in [0.29, 0.717) is 17.6 Å². The van der Waals surface area contributed by atoms with Crippen LogP contribution in [-0.2, 0) is 6.54 Å². The second kappa shape index (κ2) is 4.13. The molecule has 3 rings (SSSR count). The summed E-state index contributed by atoms with van der Waals surface area (Å²) in [5, 5.41) is 4.65. The molecule has 1 aliphatic carbocycles. The summed E-state index contributed by atoms with van der Waals surface area (Å²) in [6.45, 7) is 0.251. The van der Waals surface area contributed by atoms with Crippen molar-refractivity contribution in [1.82, 2.24) is 10.1 Å². The van der Waals surface area contributed by atoms with E-state index in [1.54, 1.807) is 0 Å². The van der Waals surface area contributed by atoms with Crippen LogP contribution >= 0.6 is 11.6 Å². The van der Waals surface area contributed by atoms with Crippen molar-refractivity contribution in [2.75, 3.05) is 0 Å². The van der Waals surface area contributed by atoms with Crippen molar-refractivity contribution in [2.45, 2.75) is 25.3 Å². The van der Waals surface area contributed by atoms with Crippen molar-refractivity contribution in [2.24, 2.45) is 5.73 Å². The summed E-state index contributed by atoms with van der Waals surface area (Å²) in [5.74, 6) is 1.61. The number of halogens is 1. The molecule has 0 spiro atoms. The minimum atomic E-state index is 0.251. The van der Waals surface area contributed by atoms with Crippen LogP contribution in [0, 0.1) is 0 Å². The first-order chi connectivity index (χ1) is 8.28. The Morgan fingerprint density at radius 1 is 1.41 bits per heavy atom. The summed E-state index contributed by atoms with van der Waals surface area (Å²) < 4.78 is 4.97. The summed E-state index contributed by atoms with van der Waals surface area (Å²) in [6.07, 6.45) is 2.47. The fourth-order valence-electron chi connectivity index (χ4n) is 1.85. The van der Waals surface area contributed by atoms with Gasteiger partial charge in [-0.25, -0.2) is 0 Å². The first-order valence-corrected chi connectivity index (χ1v) is 5.98. The lowest BCUT2D eigenvalue weighted by molar-refractivity contribution is 0.380. The molecule has 0 atom stereocenters. The number of aromatic nitrogens is 2. The molecule has 0 unspecified atom stereocenters. The number of nitrogens with two attached hydrogens (primary N) is 1. The molecule has 1 fully saturated rings. The van der Waals surface area contributed by atoms with E-state index < -0.39 is 0 Å². The van der Waals surface area contributed by atoms with Crippen LogP contribution in [0.15, 0.2) is 22.7 Å². The topological polar surface area (TPSA) is 64.9 Å². The maximum atomic E-state index is 6.24. The monoisotopic (exact) mass is 249 g/mol.